The molecule has 4 nitrogen and oxygen atoms in total. The lowest BCUT2D eigenvalue weighted by molar-refractivity contribution is -0.138. The van der Waals surface area contributed by atoms with Crippen LogP contribution in [0.3, 0.4) is 0 Å². The number of hydrogen-bond acceptors (Lipinski definition) is 3. The molecule has 2 N–H and O–H groups in total. The van der Waals surface area contributed by atoms with Crippen molar-refractivity contribution in [3.8, 4) is 0 Å². The molecule has 0 bridgehead atoms. The second-order valence-corrected chi connectivity index (χ2v) is 3.67. The maximum atomic E-state index is 11.0. The van der Waals surface area contributed by atoms with E-state index in [0.29, 0.717) is 6.54 Å². The van der Waals surface area contributed by atoms with E-state index in [2.05, 4.69) is 5.32 Å². The van der Waals surface area contributed by atoms with Gasteiger partial charge in [0.2, 0.25) is 0 Å². The number of rotatable bonds is 2. The first kappa shape index (κ1) is 9.98. The fourth-order valence-electron chi connectivity index (χ4n) is 1.93. The molecule has 0 amide bonds. The minimum absolute atomic E-state index is 0.592. The maximum absolute atomic E-state index is 11.0. The van der Waals surface area contributed by atoms with E-state index in [-0.39, 0.29) is 0 Å². The van der Waals surface area contributed by atoms with Crippen molar-refractivity contribution in [1.82, 2.24) is 5.32 Å². The van der Waals surface area contributed by atoms with Gasteiger partial charge in [-0.2, -0.15) is 0 Å². The lowest BCUT2D eigenvalue weighted by Crippen LogP contribution is -2.42. The molecule has 1 unspecified atom stereocenters. The van der Waals surface area contributed by atoms with E-state index in [1.807, 2.05) is 36.1 Å². The number of benzene rings is 1. The van der Waals surface area contributed by atoms with Crippen LogP contribution < -0.4 is 10.2 Å². The Morgan fingerprint density at radius 2 is 2.27 bits per heavy atom. The van der Waals surface area contributed by atoms with E-state index in [1.54, 1.807) is 0 Å². The van der Waals surface area contributed by atoms with Crippen LogP contribution in [0.25, 0.3) is 0 Å². The number of carbonyl (C=O) groups is 1. The zero-order valence-electron chi connectivity index (χ0n) is 8.60. The molecule has 1 atom stereocenters. The van der Waals surface area contributed by atoms with Gasteiger partial charge in [-0.25, -0.2) is 4.79 Å². The molecule has 1 aliphatic heterocycles. The fourth-order valence-corrected chi connectivity index (χ4v) is 1.93. The summed E-state index contributed by atoms with van der Waals surface area (Å²) in [5.74, 6) is -0.823. The molecule has 1 heterocycles. The van der Waals surface area contributed by atoms with Crippen LogP contribution in [0.2, 0.25) is 0 Å². The fraction of sp³-hybridized carbons (Fsp3) is 0.364. The monoisotopic (exact) mass is 206 g/mol. The molecular formula is C11H14N2O2. The van der Waals surface area contributed by atoms with Gasteiger partial charge in [0, 0.05) is 18.8 Å². The number of carboxylic acids is 1. The summed E-state index contributed by atoms with van der Waals surface area (Å²) in [6.45, 7) is 3.44. The number of anilines is 1. The van der Waals surface area contributed by atoms with Crippen molar-refractivity contribution in [2.75, 3.05) is 18.0 Å². The summed E-state index contributed by atoms with van der Waals surface area (Å²) in [5, 5.41) is 12.0. The average Bonchev–Trinajstić information content (AvgIpc) is 2.67. The summed E-state index contributed by atoms with van der Waals surface area (Å²) in [6.07, 6.45) is -0.592. The Labute approximate surface area is 88.5 Å². The number of aliphatic carboxylic acids is 1. The first-order valence-electron chi connectivity index (χ1n) is 4.98. The molecule has 15 heavy (non-hydrogen) atoms. The van der Waals surface area contributed by atoms with Gasteiger partial charge in [-0.1, -0.05) is 18.2 Å². The molecule has 1 aromatic carbocycles. The molecule has 1 aliphatic rings. The van der Waals surface area contributed by atoms with Crippen molar-refractivity contribution in [1.29, 1.82) is 0 Å². The number of nitrogens with one attached hydrogen (secondary N) is 1. The highest BCUT2D eigenvalue weighted by Crippen LogP contribution is 2.22. The zero-order chi connectivity index (χ0) is 10.8. The predicted octanol–water partition coefficient (Wildman–Crippen LogP) is 0.815. The number of aryl methyl sites for hydroxylation is 1. The summed E-state index contributed by atoms with van der Waals surface area (Å²) >= 11 is 0. The maximum Gasteiger partial charge on any atom is 0.341 e. The smallest absolute Gasteiger partial charge is 0.341 e. The number of carboxylic acid groups (broad SMARTS) is 1. The van der Waals surface area contributed by atoms with Crippen LogP contribution in [-0.4, -0.2) is 30.3 Å². The van der Waals surface area contributed by atoms with Crippen molar-refractivity contribution in [3.05, 3.63) is 29.8 Å². The van der Waals surface area contributed by atoms with Gasteiger partial charge in [0.1, 0.15) is 0 Å². The zero-order valence-corrected chi connectivity index (χ0v) is 8.60. The highest BCUT2D eigenvalue weighted by Gasteiger charge is 2.30. The summed E-state index contributed by atoms with van der Waals surface area (Å²) in [7, 11) is 0. The molecule has 0 radical (unpaired) electrons. The molecule has 0 aliphatic carbocycles. The summed E-state index contributed by atoms with van der Waals surface area (Å²) < 4.78 is 0. The van der Waals surface area contributed by atoms with Gasteiger partial charge in [-0.3, -0.25) is 5.32 Å². The van der Waals surface area contributed by atoms with Crippen LogP contribution in [0.15, 0.2) is 24.3 Å². The number of hydrogen-bond donors (Lipinski definition) is 2. The minimum atomic E-state index is -0.823. The Balaban J connectivity index is 2.30. The van der Waals surface area contributed by atoms with Crippen LogP contribution in [0.4, 0.5) is 5.69 Å². The van der Waals surface area contributed by atoms with Crippen molar-refractivity contribution in [2.45, 2.75) is 13.1 Å². The van der Waals surface area contributed by atoms with E-state index in [9.17, 15) is 4.79 Å². The summed E-state index contributed by atoms with van der Waals surface area (Å²) in [4.78, 5) is 12.9. The Morgan fingerprint density at radius 1 is 1.53 bits per heavy atom. The Bertz CT molecular complexity index is 379. The largest absolute Gasteiger partial charge is 0.479 e. The molecule has 0 spiro atoms. The third kappa shape index (κ3) is 1.80. The first-order valence-corrected chi connectivity index (χ1v) is 4.98. The molecule has 1 fully saturated rings. The third-order valence-corrected chi connectivity index (χ3v) is 2.66. The van der Waals surface area contributed by atoms with Crippen molar-refractivity contribution in [3.63, 3.8) is 0 Å². The normalized spacial score (nSPS) is 20.6. The van der Waals surface area contributed by atoms with Gasteiger partial charge in [-0.05, 0) is 18.6 Å². The standard InChI is InChI=1S/C11H14N2O2/c1-8-4-2-3-5-9(8)13-7-6-12-10(13)11(14)15/h2-5,10,12H,6-7H2,1H3,(H,14,15). The van der Waals surface area contributed by atoms with Crippen LogP contribution in [0.5, 0.6) is 0 Å². The topological polar surface area (TPSA) is 52.6 Å². The Morgan fingerprint density at radius 3 is 2.93 bits per heavy atom. The van der Waals surface area contributed by atoms with Gasteiger partial charge < -0.3 is 10.0 Å². The van der Waals surface area contributed by atoms with E-state index in [4.69, 9.17) is 5.11 Å². The van der Waals surface area contributed by atoms with Gasteiger partial charge in [0.25, 0.3) is 0 Å². The molecule has 1 saturated heterocycles. The van der Waals surface area contributed by atoms with Crippen LogP contribution in [-0.2, 0) is 4.79 Å². The van der Waals surface area contributed by atoms with Crippen molar-refractivity contribution in [2.24, 2.45) is 0 Å². The van der Waals surface area contributed by atoms with Crippen LogP contribution in [0, 0.1) is 6.92 Å². The van der Waals surface area contributed by atoms with E-state index >= 15 is 0 Å². The van der Waals surface area contributed by atoms with Gasteiger partial charge in [0.05, 0.1) is 0 Å². The van der Waals surface area contributed by atoms with E-state index in [0.717, 1.165) is 17.8 Å². The van der Waals surface area contributed by atoms with E-state index in [1.165, 1.54) is 0 Å². The number of para-hydroxylation sites is 1. The highest BCUT2D eigenvalue weighted by molar-refractivity contribution is 5.79. The minimum Gasteiger partial charge on any atom is -0.479 e. The van der Waals surface area contributed by atoms with Gasteiger partial charge in [0.15, 0.2) is 6.17 Å². The Kier molecular flexibility index (Phi) is 2.60. The van der Waals surface area contributed by atoms with E-state index < -0.39 is 12.1 Å². The second kappa shape index (κ2) is 3.90. The summed E-state index contributed by atoms with van der Waals surface area (Å²) in [5.41, 5.74) is 2.10. The van der Waals surface area contributed by atoms with Crippen molar-refractivity contribution >= 4 is 11.7 Å². The number of nitrogens with zero attached hydrogens (tertiary/aromatic N) is 1. The first-order chi connectivity index (χ1) is 7.20. The lowest BCUT2D eigenvalue weighted by Gasteiger charge is -2.24. The van der Waals surface area contributed by atoms with Gasteiger partial charge in [-0.15, -0.1) is 0 Å². The lowest BCUT2D eigenvalue weighted by atomic mass is 10.2. The average molecular weight is 206 g/mol. The molecule has 4 heteroatoms. The molecule has 80 valence electrons. The van der Waals surface area contributed by atoms with Crippen LogP contribution in [0.1, 0.15) is 5.56 Å². The predicted molar refractivity (Wildman–Crippen MR) is 58.0 cm³/mol. The third-order valence-electron chi connectivity index (χ3n) is 2.66. The molecule has 2 rings (SSSR count). The molecule has 0 saturated carbocycles. The highest BCUT2D eigenvalue weighted by atomic mass is 16.4. The van der Waals surface area contributed by atoms with Crippen LogP contribution >= 0.6 is 0 Å². The second-order valence-electron chi connectivity index (χ2n) is 3.67. The van der Waals surface area contributed by atoms with Crippen molar-refractivity contribution < 1.29 is 9.90 Å². The van der Waals surface area contributed by atoms with Gasteiger partial charge >= 0.3 is 5.97 Å². The summed E-state index contributed by atoms with van der Waals surface area (Å²) in [6, 6.07) is 7.84. The quantitative estimate of drug-likeness (QED) is 0.752. The Hall–Kier alpha value is -1.55. The SMILES string of the molecule is Cc1ccccc1N1CCNC1C(=O)O. The molecule has 1 aromatic rings. The molecule has 0 aromatic heterocycles. The molecular weight excluding hydrogens is 192 g/mol.